The van der Waals surface area contributed by atoms with Gasteiger partial charge in [-0.1, -0.05) is 17.7 Å². The van der Waals surface area contributed by atoms with Crippen LogP contribution in [0.5, 0.6) is 0 Å². The molecule has 0 fully saturated rings. The Labute approximate surface area is 171 Å². The van der Waals surface area contributed by atoms with Crippen molar-refractivity contribution in [1.82, 2.24) is 15.5 Å². The molecule has 2 aromatic rings. The summed E-state index contributed by atoms with van der Waals surface area (Å²) in [6.45, 7) is 1.65. The number of non-ortho nitro benzene ring substituents is 1. The second-order valence-corrected chi connectivity index (χ2v) is 6.66. The van der Waals surface area contributed by atoms with Gasteiger partial charge in [-0.3, -0.25) is 34.2 Å². The van der Waals surface area contributed by atoms with Crippen molar-refractivity contribution in [3.8, 4) is 0 Å². The van der Waals surface area contributed by atoms with Gasteiger partial charge in [-0.25, -0.2) is 0 Å². The molecule has 1 heterocycles. The van der Waals surface area contributed by atoms with Crippen LogP contribution >= 0.6 is 0 Å². The Morgan fingerprint density at radius 3 is 2.27 bits per heavy atom. The highest BCUT2D eigenvalue weighted by Crippen LogP contribution is 2.26. The predicted molar refractivity (Wildman–Crippen MR) is 105 cm³/mol. The third-order valence-electron chi connectivity index (χ3n) is 4.51. The van der Waals surface area contributed by atoms with E-state index in [0.717, 1.165) is 22.6 Å². The Morgan fingerprint density at radius 2 is 1.60 bits per heavy atom. The number of hydrogen-bond donors (Lipinski definition) is 2. The van der Waals surface area contributed by atoms with Crippen molar-refractivity contribution in [3.63, 3.8) is 0 Å². The number of carbonyl (C=O) groups excluding carboxylic acids is 4. The van der Waals surface area contributed by atoms with Gasteiger partial charge in [0.15, 0.2) is 0 Å². The molecule has 10 nitrogen and oxygen atoms in total. The van der Waals surface area contributed by atoms with Crippen LogP contribution in [0.3, 0.4) is 0 Å². The number of rotatable bonds is 7. The third kappa shape index (κ3) is 4.32. The fourth-order valence-electron chi connectivity index (χ4n) is 2.92. The number of amides is 4. The lowest BCUT2D eigenvalue weighted by Gasteiger charge is -2.13. The molecule has 30 heavy (non-hydrogen) atoms. The number of nitro groups is 1. The first-order valence-electron chi connectivity index (χ1n) is 9.04. The van der Waals surface area contributed by atoms with Crippen LogP contribution in [0.4, 0.5) is 5.69 Å². The maximum absolute atomic E-state index is 12.4. The summed E-state index contributed by atoms with van der Waals surface area (Å²) in [4.78, 5) is 59.7. The number of fused-ring (bicyclic) bond motifs is 1. The van der Waals surface area contributed by atoms with E-state index in [1.165, 1.54) is 6.07 Å². The molecule has 0 unspecified atom stereocenters. The Morgan fingerprint density at radius 1 is 0.967 bits per heavy atom. The summed E-state index contributed by atoms with van der Waals surface area (Å²) in [5, 5.41) is 16.0. The van der Waals surface area contributed by atoms with Crippen molar-refractivity contribution in [3.05, 3.63) is 74.8 Å². The molecule has 10 heteroatoms. The topological polar surface area (TPSA) is 139 Å². The summed E-state index contributed by atoms with van der Waals surface area (Å²) < 4.78 is 0. The molecule has 0 atom stereocenters. The number of nitrogens with zero attached hydrogens (tertiary/aromatic N) is 2. The van der Waals surface area contributed by atoms with Crippen LogP contribution in [0.2, 0.25) is 0 Å². The SMILES string of the molecule is Cc1ccc(C(=O)NCCNC(=O)CN2C(=O)c3ccc([N+](=O)[O-])cc3C2=O)cc1. The molecule has 4 amide bonds. The van der Waals surface area contributed by atoms with E-state index in [2.05, 4.69) is 10.6 Å². The molecule has 2 N–H and O–H groups in total. The molecule has 0 saturated carbocycles. The van der Waals surface area contributed by atoms with Crippen LogP contribution in [0, 0.1) is 17.0 Å². The first-order chi connectivity index (χ1) is 14.3. The van der Waals surface area contributed by atoms with Gasteiger partial charge in [0.05, 0.1) is 16.1 Å². The van der Waals surface area contributed by atoms with Gasteiger partial charge in [0.2, 0.25) is 5.91 Å². The van der Waals surface area contributed by atoms with Gasteiger partial charge in [-0.15, -0.1) is 0 Å². The van der Waals surface area contributed by atoms with Gasteiger partial charge in [0.25, 0.3) is 23.4 Å². The third-order valence-corrected chi connectivity index (χ3v) is 4.51. The highest BCUT2D eigenvalue weighted by atomic mass is 16.6. The summed E-state index contributed by atoms with van der Waals surface area (Å²) in [5.41, 5.74) is 1.12. The Hall–Kier alpha value is -4.08. The second-order valence-electron chi connectivity index (χ2n) is 6.66. The van der Waals surface area contributed by atoms with Crippen molar-refractivity contribution >= 4 is 29.3 Å². The van der Waals surface area contributed by atoms with Gasteiger partial charge in [0.1, 0.15) is 6.54 Å². The summed E-state index contributed by atoms with van der Waals surface area (Å²) in [6, 6.07) is 10.4. The van der Waals surface area contributed by atoms with E-state index in [-0.39, 0.29) is 35.8 Å². The lowest BCUT2D eigenvalue weighted by Crippen LogP contribution is -2.42. The van der Waals surface area contributed by atoms with Crippen LogP contribution in [-0.2, 0) is 4.79 Å². The first-order valence-corrected chi connectivity index (χ1v) is 9.04. The van der Waals surface area contributed by atoms with E-state index in [0.29, 0.717) is 5.56 Å². The molecule has 1 aliphatic heterocycles. The molecule has 0 spiro atoms. The zero-order chi connectivity index (χ0) is 21.8. The Kier molecular flexibility index (Phi) is 5.86. The number of imide groups is 1. The van der Waals surface area contributed by atoms with E-state index in [1.54, 1.807) is 12.1 Å². The van der Waals surface area contributed by atoms with Gasteiger partial charge in [-0.05, 0) is 25.1 Å². The number of benzene rings is 2. The van der Waals surface area contributed by atoms with Crippen molar-refractivity contribution in [2.45, 2.75) is 6.92 Å². The molecular weight excluding hydrogens is 392 g/mol. The quantitative estimate of drug-likeness (QED) is 0.303. The van der Waals surface area contributed by atoms with Crippen LogP contribution in [0.25, 0.3) is 0 Å². The smallest absolute Gasteiger partial charge is 0.270 e. The van der Waals surface area contributed by atoms with Crippen molar-refractivity contribution in [1.29, 1.82) is 0 Å². The predicted octanol–water partition coefficient (Wildman–Crippen LogP) is 1.05. The van der Waals surface area contributed by atoms with Crippen molar-refractivity contribution in [2.75, 3.05) is 19.6 Å². The largest absolute Gasteiger partial charge is 0.353 e. The molecule has 2 aromatic carbocycles. The van der Waals surface area contributed by atoms with E-state index < -0.39 is 29.2 Å². The maximum Gasteiger partial charge on any atom is 0.270 e. The molecular formula is C20H18N4O6. The molecule has 154 valence electrons. The number of nitro benzene ring substituents is 1. The van der Waals surface area contributed by atoms with Gasteiger partial charge >= 0.3 is 0 Å². The maximum atomic E-state index is 12.4. The first kappa shape index (κ1) is 20.6. The lowest BCUT2D eigenvalue weighted by molar-refractivity contribution is -0.384. The van der Waals surface area contributed by atoms with Crippen molar-refractivity contribution < 1.29 is 24.1 Å². The van der Waals surface area contributed by atoms with Crippen LogP contribution < -0.4 is 10.6 Å². The minimum atomic E-state index is -0.762. The van der Waals surface area contributed by atoms with E-state index in [9.17, 15) is 29.3 Å². The number of carbonyl (C=O) groups is 4. The van der Waals surface area contributed by atoms with E-state index >= 15 is 0 Å². The second kappa shape index (κ2) is 8.52. The normalized spacial score (nSPS) is 12.5. The van der Waals surface area contributed by atoms with Gasteiger partial charge < -0.3 is 10.6 Å². The fraction of sp³-hybridized carbons (Fsp3) is 0.200. The summed E-state index contributed by atoms with van der Waals surface area (Å²) in [5.74, 6) is -2.33. The zero-order valence-electron chi connectivity index (χ0n) is 16.0. The van der Waals surface area contributed by atoms with E-state index in [1.807, 2.05) is 19.1 Å². The zero-order valence-corrected chi connectivity index (χ0v) is 16.0. The molecule has 0 aliphatic carbocycles. The summed E-state index contributed by atoms with van der Waals surface area (Å²) in [6.07, 6.45) is 0. The average molecular weight is 410 g/mol. The lowest BCUT2D eigenvalue weighted by atomic mass is 10.1. The molecule has 0 aromatic heterocycles. The molecule has 0 saturated heterocycles. The highest BCUT2D eigenvalue weighted by Gasteiger charge is 2.37. The minimum absolute atomic E-state index is 0.0174. The van der Waals surface area contributed by atoms with E-state index in [4.69, 9.17) is 0 Å². The van der Waals surface area contributed by atoms with Crippen LogP contribution in [-0.4, -0.2) is 53.1 Å². The van der Waals surface area contributed by atoms with Gasteiger partial charge in [0, 0.05) is 30.8 Å². The highest BCUT2D eigenvalue weighted by molar-refractivity contribution is 6.22. The number of aryl methyl sites for hydroxylation is 1. The van der Waals surface area contributed by atoms with Crippen LogP contribution in [0.15, 0.2) is 42.5 Å². The Bertz CT molecular complexity index is 1050. The molecule has 1 aliphatic rings. The minimum Gasteiger partial charge on any atom is -0.353 e. The Balaban J connectivity index is 1.49. The standard InChI is InChI=1S/C20H18N4O6/c1-12-2-4-13(5-3-12)18(26)22-9-8-21-17(25)11-23-19(27)15-7-6-14(24(29)30)10-16(15)20(23)28/h2-7,10H,8-9,11H2,1H3,(H,21,25)(H,22,26). The molecule has 3 rings (SSSR count). The van der Waals surface area contributed by atoms with Crippen molar-refractivity contribution in [2.24, 2.45) is 0 Å². The average Bonchev–Trinajstić information content (AvgIpc) is 2.96. The molecule has 0 bridgehead atoms. The van der Waals surface area contributed by atoms with Gasteiger partial charge in [-0.2, -0.15) is 0 Å². The number of nitrogens with one attached hydrogen (secondary N) is 2. The fourth-order valence-corrected chi connectivity index (χ4v) is 2.92. The summed E-state index contributed by atoms with van der Waals surface area (Å²) in [7, 11) is 0. The monoisotopic (exact) mass is 410 g/mol. The summed E-state index contributed by atoms with van der Waals surface area (Å²) >= 11 is 0. The van der Waals surface area contributed by atoms with Crippen LogP contribution in [0.1, 0.15) is 36.6 Å². The number of hydrogen-bond acceptors (Lipinski definition) is 6. The molecule has 0 radical (unpaired) electrons.